The number of aromatic nitrogens is 1. The van der Waals surface area contributed by atoms with Gasteiger partial charge < -0.3 is 10.1 Å². The smallest absolute Gasteiger partial charge is 0.244 e. The Balaban J connectivity index is 1.62. The lowest BCUT2D eigenvalue weighted by Gasteiger charge is -2.25. The Morgan fingerprint density at radius 3 is 2.52 bits per heavy atom. The number of ether oxygens (including phenoxy) is 1. The van der Waals surface area contributed by atoms with Crippen LogP contribution in [-0.2, 0) is 14.8 Å². The Morgan fingerprint density at radius 2 is 1.88 bits per heavy atom. The third-order valence-corrected chi connectivity index (χ3v) is 6.18. The summed E-state index contributed by atoms with van der Waals surface area (Å²) in [5.41, 5.74) is 1.25. The van der Waals surface area contributed by atoms with E-state index >= 15 is 0 Å². The fraction of sp³-hybridized carbons (Fsp3) is 0.389. The number of morpholine rings is 1. The van der Waals surface area contributed by atoms with Gasteiger partial charge in [-0.2, -0.15) is 4.31 Å². The molecule has 1 atom stereocenters. The van der Waals surface area contributed by atoms with E-state index in [-0.39, 0.29) is 4.90 Å². The standard InChI is InChI=1S/C18H23N3O3S/c1-15(16-5-3-2-4-6-16)13-19-18-8-7-17(14-20-18)25(22,23)21-9-11-24-12-10-21/h2-8,14-15H,9-13H2,1H3,(H,19,20)/t15-/m1/s1. The summed E-state index contributed by atoms with van der Waals surface area (Å²) in [7, 11) is -3.49. The fourth-order valence-electron chi connectivity index (χ4n) is 2.73. The molecule has 2 aromatic rings. The first-order chi connectivity index (χ1) is 12.1. The summed E-state index contributed by atoms with van der Waals surface area (Å²) in [4.78, 5) is 4.48. The van der Waals surface area contributed by atoms with Crippen molar-refractivity contribution in [3.8, 4) is 0 Å². The minimum atomic E-state index is -3.49. The Labute approximate surface area is 148 Å². The van der Waals surface area contributed by atoms with Crippen molar-refractivity contribution in [2.45, 2.75) is 17.7 Å². The zero-order valence-corrected chi connectivity index (χ0v) is 15.1. The van der Waals surface area contributed by atoms with E-state index in [0.29, 0.717) is 38.0 Å². The molecule has 1 fully saturated rings. The van der Waals surface area contributed by atoms with Crippen molar-refractivity contribution in [3.05, 3.63) is 54.2 Å². The Hall–Kier alpha value is -1.96. The molecule has 134 valence electrons. The Bertz CT molecular complexity index is 773. The average Bonchev–Trinajstić information content (AvgIpc) is 2.68. The first-order valence-corrected chi connectivity index (χ1v) is 9.84. The van der Waals surface area contributed by atoms with Gasteiger partial charge in [0, 0.05) is 25.8 Å². The highest BCUT2D eigenvalue weighted by Crippen LogP contribution is 2.19. The maximum absolute atomic E-state index is 12.6. The van der Waals surface area contributed by atoms with Gasteiger partial charge in [0.1, 0.15) is 10.7 Å². The second kappa shape index (κ2) is 7.95. The summed E-state index contributed by atoms with van der Waals surface area (Å²) < 4.78 is 31.8. The van der Waals surface area contributed by atoms with E-state index in [2.05, 4.69) is 29.4 Å². The number of nitrogens with zero attached hydrogens (tertiary/aromatic N) is 2. The summed E-state index contributed by atoms with van der Waals surface area (Å²) in [5.74, 6) is 1.00. The highest BCUT2D eigenvalue weighted by molar-refractivity contribution is 7.89. The van der Waals surface area contributed by atoms with Gasteiger partial charge in [-0.25, -0.2) is 13.4 Å². The maximum Gasteiger partial charge on any atom is 0.244 e. The van der Waals surface area contributed by atoms with Crippen LogP contribution in [0.2, 0.25) is 0 Å². The zero-order valence-electron chi connectivity index (χ0n) is 14.3. The van der Waals surface area contributed by atoms with E-state index in [4.69, 9.17) is 4.74 Å². The van der Waals surface area contributed by atoms with Crippen LogP contribution in [-0.4, -0.2) is 50.6 Å². The number of anilines is 1. The van der Waals surface area contributed by atoms with Crippen molar-refractivity contribution in [1.82, 2.24) is 9.29 Å². The molecule has 1 N–H and O–H groups in total. The number of hydrogen-bond acceptors (Lipinski definition) is 5. The molecule has 0 amide bonds. The van der Waals surface area contributed by atoms with Gasteiger partial charge in [-0.3, -0.25) is 0 Å². The zero-order chi connectivity index (χ0) is 17.7. The van der Waals surface area contributed by atoms with Crippen molar-refractivity contribution in [2.24, 2.45) is 0 Å². The molecule has 7 heteroatoms. The van der Waals surface area contributed by atoms with E-state index in [0.717, 1.165) is 6.54 Å². The molecule has 2 heterocycles. The number of sulfonamides is 1. The molecular formula is C18H23N3O3S. The van der Waals surface area contributed by atoms with E-state index < -0.39 is 10.0 Å². The molecule has 1 aliphatic rings. The van der Waals surface area contributed by atoms with Crippen LogP contribution in [0.25, 0.3) is 0 Å². The minimum absolute atomic E-state index is 0.219. The van der Waals surface area contributed by atoms with E-state index in [1.807, 2.05) is 18.2 Å². The molecule has 1 aliphatic heterocycles. The first-order valence-electron chi connectivity index (χ1n) is 8.40. The minimum Gasteiger partial charge on any atom is -0.379 e. The van der Waals surface area contributed by atoms with Crippen molar-refractivity contribution in [1.29, 1.82) is 0 Å². The predicted molar refractivity (Wildman–Crippen MR) is 97.2 cm³/mol. The average molecular weight is 361 g/mol. The monoisotopic (exact) mass is 361 g/mol. The van der Waals surface area contributed by atoms with Gasteiger partial charge in [-0.05, 0) is 23.6 Å². The molecule has 0 saturated carbocycles. The second-order valence-electron chi connectivity index (χ2n) is 6.09. The summed E-state index contributed by atoms with van der Waals surface area (Å²) in [6, 6.07) is 13.6. The third kappa shape index (κ3) is 4.36. The molecule has 0 spiro atoms. The summed E-state index contributed by atoms with van der Waals surface area (Å²) in [6.07, 6.45) is 1.42. The summed E-state index contributed by atoms with van der Waals surface area (Å²) >= 11 is 0. The van der Waals surface area contributed by atoms with Crippen LogP contribution in [0.3, 0.4) is 0 Å². The molecule has 25 heavy (non-hydrogen) atoms. The third-order valence-electron chi connectivity index (χ3n) is 4.30. The van der Waals surface area contributed by atoms with E-state index in [9.17, 15) is 8.42 Å². The van der Waals surface area contributed by atoms with Gasteiger partial charge in [-0.15, -0.1) is 0 Å². The lowest BCUT2D eigenvalue weighted by Crippen LogP contribution is -2.40. The maximum atomic E-state index is 12.6. The van der Waals surface area contributed by atoms with E-state index in [1.165, 1.54) is 16.1 Å². The largest absolute Gasteiger partial charge is 0.379 e. The normalized spacial score (nSPS) is 17.2. The number of nitrogens with one attached hydrogen (secondary N) is 1. The highest BCUT2D eigenvalue weighted by Gasteiger charge is 2.26. The molecule has 1 aromatic carbocycles. The second-order valence-corrected chi connectivity index (χ2v) is 8.03. The lowest BCUT2D eigenvalue weighted by atomic mass is 10.0. The van der Waals surface area contributed by atoms with Gasteiger partial charge in [-0.1, -0.05) is 37.3 Å². The van der Waals surface area contributed by atoms with Crippen LogP contribution in [0.15, 0.2) is 53.6 Å². The molecule has 0 aliphatic carbocycles. The number of benzene rings is 1. The predicted octanol–water partition coefficient (Wildman–Crippen LogP) is 2.32. The first kappa shape index (κ1) is 17.8. The van der Waals surface area contributed by atoms with Gasteiger partial charge in [0.05, 0.1) is 13.2 Å². The van der Waals surface area contributed by atoms with Crippen LogP contribution in [0, 0.1) is 0 Å². The molecular weight excluding hydrogens is 338 g/mol. The van der Waals surface area contributed by atoms with Crippen molar-refractivity contribution < 1.29 is 13.2 Å². The van der Waals surface area contributed by atoms with Gasteiger partial charge in [0.25, 0.3) is 0 Å². The summed E-state index contributed by atoms with van der Waals surface area (Å²) in [5, 5.41) is 3.26. The van der Waals surface area contributed by atoms with Gasteiger partial charge in [0.2, 0.25) is 10.0 Å². The lowest BCUT2D eigenvalue weighted by molar-refractivity contribution is 0.0730. The van der Waals surface area contributed by atoms with Crippen LogP contribution >= 0.6 is 0 Å². The molecule has 0 bridgehead atoms. The quantitative estimate of drug-likeness (QED) is 0.855. The van der Waals surface area contributed by atoms with Crippen LogP contribution in [0.5, 0.6) is 0 Å². The molecule has 0 unspecified atom stereocenters. The van der Waals surface area contributed by atoms with Crippen LogP contribution < -0.4 is 5.32 Å². The highest BCUT2D eigenvalue weighted by atomic mass is 32.2. The van der Waals surface area contributed by atoms with Crippen LogP contribution in [0.4, 0.5) is 5.82 Å². The van der Waals surface area contributed by atoms with Crippen molar-refractivity contribution in [3.63, 3.8) is 0 Å². The molecule has 1 saturated heterocycles. The number of pyridine rings is 1. The van der Waals surface area contributed by atoms with E-state index in [1.54, 1.807) is 12.1 Å². The van der Waals surface area contributed by atoms with Gasteiger partial charge in [0.15, 0.2) is 0 Å². The number of rotatable bonds is 6. The summed E-state index contributed by atoms with van der Waals surface area (Å²) in [6.45, 7) is 4.51. The topological polar surface area (TPSA) is 71.5 Å². The van der Waals surface area contributed by atoms with Crippen molar-refractivity contribution in [2.75, 3.05) is 38.2 Å². The molecule has 0 radical (unpaired) electrons. The Kier molecular flexibility index (Phi) is 5.67. The molecule has 6 nitrogen and oxygen atoms in total. The SMILES string of the molecule is C[C@H](CNc1ccc(S(=O)(=O)N2CCOCC2)cn1)c1ccccc1. The van der Waals surface area contributed by atoms with Crippen LogP contribution in [0.1, 0.15) is 18.4 Å². The molecule has 1 aromatic heterocycles. The fourth-order valence-corrected chi connectivity index (χ4v) is 4.08. The van der Waals surface area contributed by atoms with Gasteiger partial charge >= 0.3 is 0 Å². The van der Waals surface area contributed by atoms with Crippen molar-refractivity contribution >= 4 is 15.8 Å². The molecule has 3 rings (SSSR count). The Morgan fingerprint density at radius 1 is 1.16 bits per heavy atom. The number of hydrogen-bond donors (Lipinski definition) is 1.